The van der Waals surface area contributed by atoms with Crippen molar-refractivity contribution in [2.45, 2.75) is 18.5 Å². The van der Waals surface area contributed by atoms with E-state index in [0.29, 0.717) is 17.6 Å². The Bertz CT molecular complexity index is 901. The number of hydrogen-bond acceptors (Lipinski definition) is 7. The molecule has 2 N–H and O–H groups in total. The lowest BCUT2D eigenvalue weighted by atomic mass is 10.1. The predicted molar refractivity (Wildman–Crippen MR) is 103 cm³/mol. The number of nitrogens with zero attached hydrogens (tertiary/aromatic N) is 5. The number of amides is 2. The molecule has 2 atom stereocenters. The zero-order valence-corrected chi connectivity index (χ0v) is 15.7. The maximum absolute atomic E-state index is 12.2. The Morgan fingerprint density at radius 2 is 1.79 bits per heavy atom. The third-order valence-corrected chi connectivity index (χ3v) is 5.33. The quantitative estimate of drug-likeness (QED) is 0.595. The molecule has 0 spiro atoms. The Balaban J connectivity index is 1.48. The molecule has 2 bridgehead atoms. The van der Waals surface area contributed by atoms with Crippen LogP contribution in [-0.4, -0.2) is 71.2 Å². The third kappa shape index (κ3) is 3.13. The molecule has 146 valence electrons. The SMILES string of the molecule is CN(C)C(=O)c1cccc(N2CC3CC2CN3c2ncc(C(=O)NO)cn2)c1. The first-order valence-corrected chi connectivity index (χ1v) is 9.09. The van der Waals surface area contributed by atoms with Gasteiger partial charge in [0.1, 0.15) is 0 Å². The van der Waals surface area contributed by atoms with E-state index in [1.54, 1.807) is 24.5 Å². The number of piperazine rings is 1. The fraction of sp³-hybridized carbons (Fsp3) is 0.368. The fourth-order valence-electron chi connectivity index (χ4n) is 3.96. The summed E-state index contributed by atoms with van der Waals surface area (Å²) in [7, 11) is 3.50. The van der Waals surface area contributed by atoms with Crippen LogP contribution in [-0.2, 0) is 0 Å². The van der Waals surface area contributed by atoms with Gasteiger partial charge in [-0.2, -0.15) is 0 Å². The van der Waals surface area contributed by atoms with Crippen molar-refractivity contribution in [2.24, 2.45) is 0 Å². The topological polar surface area (TPSA) is 102 Å². The van der Waals surface area contributed by atoms with Crippen LogP contribution >= 0.6 is 0 Å². The first-order chi connectivity index (χ1) is 13.5. The van der Waals surface area contributed by atoms with E-state index in [4.69, 9.17) is 5.21 Å². The maximum Gasteiger partial charge on any atom is 0.277 e. The monoisotopic (exact) mass is 382 g/mol. The minimum Gasteiger partial charge on any atom is -0.365 e. The third-order valence-electron chi connectivity index (χ3n) is 5.33. The molecule has 0 aliphatic carbocycles. The number of benzene rings is 1. The number of carbonyl (C=O) groups is 2. The van der Waals surface area contributed by atoms with E-state index in [1.165, 1.54) is 12.4 Å². The summed E-state index contributed by atoms with van der Waals surface area (Å²) in [6, 6.07) is 8.34. The molecule has 2 aliphatic rings. The number of rotatable bonds is 4. The lowest BCUT2D eigenvalue weighted by Crippen LogP contribution is -2.47. The second-order valence-electron chi connectivity index (χ2n) is 7.31. The molecule has 1 aromatic carbocycles. The number of aromatic nitrogens is 2. The molecule has 4 rings (SSSR count). The molecule has 28 heavy (non-hydrogen) atoms. The number of hydroxylamine groups is 1. The van der Waals surface area contributed by atoms with Crippen LogP contribution < -0.4 is 15.3 Å². The van der Waals surface area contributed by atoms with E-state index in [0.717, 1.165) is 25.2 Å². The smallest absolute Gasteiger partial charge is 0.277 e. The molecule has 2 fully saturated rings. The molecule has 2 saturated heterocycles. The molecule has 3 heterocycles. The molecule has 2 aromatic rings. The lowest BCUT2D eigenvalue weighted by molar-refractivity contribution is 0.0705. The lowest BCUT2D eigenvalue weighted by Gasteiger charge is -2.35. The Kier molecular flexibility index (Phi) is 4.60. The van der Waals surface area contributed by atoms with Gasteiger partial charge in [0.2, 0.25) is 5.95 Å². The first kappa shape index (κ1) is 18.2. The molecule has 1 aromatic heterocycles. The van der Waals surface area contributed by atoms with Gasteiger partial charge < -0.3 is 14.7 Å². The van der Waals surface area contributed by atoms with Crippen molar-refractivity contribution in [3.8, 4) is 0 Å². The van der Waals surface area contributed by atoms with Gasteiger partial charge in [-0.3, -0.25) is 14.8 Å². The van der Waals surface area contributed by atoms with Crippen molar-refractivity contribution in [2.75, 3.05) is 37.0 Å². The first-order valence-electron chi connectivity index (χ1n) is 9.09. The summed E-state index contributed by atoms with van der Waals surface area (Å²) < 4.78 is 0. The highest BCUT2D eigenvalue weighted by Gasteiger charge is 2.44. The van der Waals surface area contributed by atoms with Crippen molar-refractivity contribution in [1.82, 2.24) is 20.3 Å². The summed E-state index contributed by atoms with van der Waals surface area (Å²) in [4.78, 5) is 38.3. The van der Waals surface area contributed by atoms with Gasteiger partial charge in [-0.1, -0.05) is 6.07 Å². The van der Waals surface area contributed by atoms with Gasteiger partial charge in [-0.25, -0.2) is 15.4 Å². The number of anilines is 2. The van der Waals surface area contributed by atoms with Crippen LogP contribution in [0.3, 0.4) is 0 Å². The molecular formula is C19H22N6O3. The van der Waals surface area contributed by atoms with Crippen molar-refractivity contribution in [3.63, 3.8) is 0 Å². The van der Waals surface area contributed by atoms with Gasteiger partial charge >= 0.3 is 0 Å². The molecule has 9 heteroatoms. The van der Waals surface area contributed by atoms with Crippen LogP contribution in [0, 0.1) is 0 Å². The number of fused-ring (bicyclic) bond motifs is 2. The summed E-state index contributed by atoms with van der Waals surface area (Å²) >= 11 is 0. The van der Waals surface area contributed by atoms with Crippen LogP contribution in [0.1, 0.15) is 27.1 Å². The summed E-state index contributed by atoms with van der Waals surface area (Å²) in [5.41, 5.74) is 3.52. The summed E-state index contributed by atoms with van der Waals surface area (Å²) in [6.45, 7) is 1.61. The molecule has 9 nitrogen and oxygen atoms in total. The van der Waals surface area contributed by atoms with Gasteiger partial charge in [0, 0.05) is 56.9 Å². The molecule has 0 saturated carbocycles. The summed E-state index contributed by atoms with van der Waals surface area (Å²) in [6.07, 6.45) is 3.82. The Labute approximate surface area is 162 Å². The Morgan fingerprint density at radius 1 is 1.11 bits per heavy atom. The zero-order chi connectivity index (χ0) is 19.8. The standard InChI is InChI=1S/C19H22N6O3/c1-23(2)18(27)12-4-3-5-14(6-12)24-10-16-7-15(24)11-25(16)19-20-8-13(9-21-19)17(26)22-28/h3-6,8-9,15-16,28H,7,10-11H2,1-2H3,(H,22,26). The maximum atomic E-state index is 12.2. The highest BCUT2D eigenvalue weighted by Crippen LogP contribution is 2.36. The summed E-state index contributed by atoms with van der Waals surface area (Å²) in [5, 5.41) is 8.68. The second-order valence-corrected chi connectivity index (χ2v) is 7.31. The van der Waals surface area contributed by atoms with E-state index in [1.807, 2.05) is 24.3 Å². The van der Waals surface area contributed by atoms with Crippen LogP contribution in [0.25, 0.3) is 0 Å². The summed E-state index contributed by atoms with van der Waals surface area (Å²) in [5.74, 6) is -0.0563. The van der Waals surface area contributed by atoms with Gasteiger partial charge in [-0.05, 0) is 24.6 Å². The van der Waals surface area contributed by atoms with Crippen molar-refractivity contribution < 1.29 is 14.8 Å². The van der Waals surface area contributed by atoms with Crippen molar-refractivity contribution in [3.05, 3.63) is 47.8 Å². The molecule has 2 unspecified atom stereocenters. The zero-order valence-electron chi connectivity index (χ0n) is 15.7. The van der Waals surface area contributed by atoms with Gasteiger partial charge in [0.05, 0.1) is 11.6 Å². The second kappa shape index (κ2) is 7.08. The van der Waals surface area contributed by atoms with Crippen LogP contribution in [0.4, 0.5) is 11.6 Å². The van der Waals surface area contributed by atoms with Crippen molar-refractivity contribution in [1.29, 1.82) is 0 Å². The average Bonchev–Trinajstić information content (AvgIpc) is 3.34. The number of hydrogen-bond donors (Lipinski definition) is 2. The van der Waals surface area contributed by atoms with Crippen LogP contribution in [0.2, 0.25) is 0 Å². The van der Waals surface area contributed by atoms with Crippen LogP contribution in [0.5, 0.6) is 0 Å². The average molecular weight is 382 g/mol. The highest BCUT2D eigenvalue weighted by atomic mass is 16.5. The molecule has 2 aliphatic heterocycles. The largest absolute Gasteiger partial charge is 0.365 e. The predicted octanol–water partition coefficient (Wildman–Crippen LogP) is 0.765. The van der Waals surface area contributed by atoms with E-state index in [2.05, 4.69) is 19.8 Å². The number of carbonyl (C=O) groups excluding carboxylic acids is 2. The van der Waals surface area contributed by atoms with Gasteiger partial charge in [0.25, 0.3) is 11.8 Å². The Hall–Kier alpha value is -3.20. The van der Waals surface area contributed by atoms with Crippen molar-refractivity contribution >= 4 is 23.5 Å². The molecular weight excluding hydrogens is 360 g/mol. The van der Waals surface area contributed by atoms with E-state index < -0.39 is 5.91 Å². The Morgan fingerprint density at radius 3 is 2.39 bits per heavy atom. The van der Waals surface area contributed by atoms with Crippen LogP contribution in [0.15, 0.2) is 36.7 Å². The van der Waals surface area contributed by atoms with E-state index in [-0.39, 0.29) is 17.5 Å². The van der Waals surface area contributed by atoms with Gasteiger partial charge in [0.15, 0.2) is 0 Å². The minimum atomic E-state index is -0.632. The molecule has 2 amide bonds. The highest BCUT2D eigenvalue weighted by molar-refractivity contribution is 5.95. The van der Waals surface area contributed by atoms with E-state index >= 15 is 0 Å². The normalized spacial score (nSPS) is 20.4. The molecule has 0 radical (unpaired) electrons. The fourth-order valence-corrected chi connectivity index (χ4v) is 3.96. The van der Waals surface area contributed by atoms with Gasteiger partial charge in [-0.15, -0.1) is 0 Å². The minimum absolute atomic E-state index is 0.00626. The number of nitrogens with one attached hydrogen (secondary N) is 1. The van der Waals surface area contributed by atoms with E-state index in [9.17, 15) is 9.59 Å².